The van der Waals surface area contributed by atoms with Crippen molar-refractivity contribution in [3.8, 4) is 5.75 Å². The van der Waals surface area contributed by atoms with Gasteiger partial charge in [0, 0.05) is 5.69 Å². The molecule has 2 aromatic carbocycles. The normalized spacial score (nSPS) is 10.9. The smallest absolute Gasteiger partial charge is 0.193 e. The molecule has 2 rings (SSSR count). The third-order valence-corrected chi connectivity index (χ3v) is 3.72. The quantitative estimate of drug-likeness (QED) is 0.288. The molecule has 3 N–H and O–H groups in total. The Labute approximate surface area is 166 Å². The number of ether oxygens (including phenoxy) is 2. The van der Waals surface area contributed by atoms with E-state index in [1.54, 1.807) is 7.11 Å². The Morgan fingerprint density at radius 3 is 2.44 bits per heavy atom. The molecule has 0 saturated carbocycles. The van der Waals surface area contributed by atoms with E-state index in [2.05, 4.69) is 36.3 Å². The first-order valence-corrected chi connectivity index (χ1v) is 7.93. The maximum Gasteiger partial charge on any atom is 0.193 e. The number of benzene rings is 2. The third-order valence-electron chi connectivity index (χ3n) is 3.72. The molecule has 0 aliphatic rings. The first-order valence-electron chi connectivity index (χ1n) is 7.93. The van der Waals surface area contributed by atoms with Crippen LogP contribution in [0.1, 0.15) is 16.7 Å². The van der Waals surface area contributed by atoms with Crippen LogP contribution in [0.4, 0.5) is 5.69 Å². The first-order chi connectivity index (χ1) is 11.6. The number of nitrogens with two attached hydrogens (primary N) is 1. The molecule has 0 aromatic heterocycles. The van der Waals surface area contributed by atoms with E-state index in [1.807, 2.05) is 30.3 Å². The summed E-state index contributed by atoms with van der Waals surface area (Å²) in [4.78, 5) is 4.27. The second kappa shape index (κ2) is 10.9. The summed E-state index contributed by atoms with van der Waals surface area (Å²) in [7, 11) is 1.65. The van der Waals surface area contributed by atoms with E-state index >= 15 is 0 Å². The highest BCUT2D eigenvalue weighted by Gasteiger charge is 1.98. The van der Waals surface area contributed by atoms with Crippen molar-refractivity contribution in [3.05, 3.63) is 59.2 Å². The second-order valence-corrected chi connectivity index (χ2v) is 5.59. The first kappa shape index (κ1) is 21.2. The molecular weight excluding hydrogens is 429 g/mol. The minimum absolute atomic E-state index is 0. The van der Waals surface area contributed by atoms with Crippen molar-refractivity contribution in [2.45, 2.75) is 20.5 Å². The molecule has 0 spiro atoms. The Hall–Kier alpha value is -1.80. The standard InChI is InChI=1S/C19H25N3O2.HI/c1-14-4-7-17(12-15(14)2)22-19(20)21-10-11-24-13-16-5-8-18(23-3)9-6-16;/h4-9,12H,10-11,13H2,1-3H3,(H3,20,21,22);1H. The van der Waals surface area contributed by atoms with E-state index in [0.717, 1.165) is 17.0 Å². The number of aryl methyl sites for hydroxylation is 2. The molecule has 25 heavy (non-hydrogen) atoms. The number of guanidine groups is 1. The lowest BCUT2D eigenvalue weighted by Gasteiger charge is -2.08. The van der Waals surface area contributed by atoms with Crippen molar-refractivity contribution in [1.82, 2.24) is 0 Å². The highest BCUT2D eigenvalue weighted by molar-refractivity contribution is 14.0. The van der Waals surface area contributed by atoms with Gasteiger partial charge in [0.1, 0.15) is 5.75 Å². The molecule has 0 bridgehead atoms. The van der Waals surface area contributed by atoms with Crippen molar-refractivity contribution >= 4 is 35.6 Å². The number of hydrogen-bond acceptors (Lipinski definition) is 3. The molecule has 0 aliphatic heterocycles. The minimum atomic E-state index is 0. The Morgan fingerprint density at radius 1 is 1.08 bits per heavy atom. The van der Waals surface area contributed by atoms with Gasteiger partial charge in [-0.1, -0.05) is 18.2 Å². The van der Waals surface area contributed by atoms with Gasteiger partial charge in [-0.3, -0.25) is 4.99 Å². The van der Waals surface area contributed by atoms with Crippen LogP contribution >= 0.6 is 24.0 Å². The fourth-order valence-corrected chi connectivity index (χ4v) is 2.15. The van der Waals surface area contributed by atoms with Gasteiger partial charge in [-0.05, 0) is 54.8 Å². The molecule has 0 aliphatic carbocycles. The number of halogens is 1. The monoisotopic (exact) mass is 455 g/mol. The summed E-state index contributed by atoms with van der Waals surface area (Å²) >= 11 is 0. The Morgan fingerprint density at radius 2 is 1.80 bits per heavy atom. The Kier molecular flexibility index (Phi) is 9.30. The van der Waals surface area contributed by atoms with Gasteiger partial charge in [0.2, 0.25) is 0 Å². The predicted molar refractivity (Wildman–Crippen MR) is 114 cm³/mol. The third kappa shape index (κ3) is 7.31. The molecule has 0 unspecified atom stereocenters. The molecule has 2 aromatic rings. The van der Waals surface area contributed by atoms with Crippen LogP contribution in [0, 0.1) is 13.8 Å². The lowest BCUT2D eigenvalue weighted by Crippen LogP contribution is -2.23. The maximum atomic E-state index is 5.89. The molecule has 5 nitrogen and oxygen atoms in total. The van der Waals surface area contributed by atoms with Crippen LogP contribution in [-0.4, -0.2) is 26.2 Å². The van der Waals surface area contributed by atoms with Crippen LogP contribution in [0.15, 0.2) is 47.5 Å². The molecule has 0 saturated heterocycles. The second-order valence-electron chi connectivity index (χ2n) is 5.59. The Balaban J connectivity index is 0.00000312. The lowest BCUT2D eigenvalue weighted by molar-refractivity contribution is 0.128. The van der Waals surface area contributed by atoms with Gasteiger partial charge < -0.3 is 20.5 Å². The van der Waals surface area contributed by atoms with E-state index in [-0.39, 0.29) is 24.0 Å². The number of nitrogens with one attached hydrogen (secondary N) is 1. The molecule has 0 amide bonds. The van der Waals surface area contributed by atoms with Crippen molar-refractivity contribution < 1.29 is 9.47 Å². The van der Waals surface area contributed by atoms with E-state index in [1.165, 1.54) is 11.1 Å². The van der Waals surface area contributed by atoms with Crippen molar-refractivity contribution in [2.75, 3.05) is 25.6 Å². The summed E-state index contributed by atoms with van der Waals surface area (Å²) in [6.45, 7) is 5.72. The highest BCUT2D eigenvalue weighted by Crippen LogP contribution is 2.14. The van der Waals surface area contributed by atoms with Crippen LogP contribution in [0.5, 0.6) is 5.75 Å². The lowest BCUT2D eigenvalue weighted by atomic mass is 10.1. The summed E-state index contributed by atoms with van der Waals surface area (Å²) in [5, 5.41) is 3.09. The molecule has 0 radical (unpaired) electrons. The van der Waals surface area contributed by atoms with Gasteiger partial charge in [-0.25, -0.2) is 0 Å². The summed E-state index contributed by atoms with van der Waals surface area (Å²) < 4.78 is 10.7. The van der Waals surface area contributed by atoms with Crippen molar-refractivity contribution in [2.24, 2.45) is 10.7 Å². The van der Waals surface area contributed by atoms with E-state index < -0.39 is 0 Å². The predicted octanol–water partition coefficient (Wildman–Crippen LogP) is 3.87. The summed E-state index contributed by atoms with van der Waals surface area (Å²) in [5.74, 6) is 1.24. The van der Waals surface area contributed by atoms with Crippen LogP contribution in [0.25, 0.3) is 0 Å². The molecule has 6 heteroatoms. The zero-order chi connectivity index (χ0) is 17.4. The van der Waals surface area contributed by atoms with Crippen LogP contribution in [0.3, 0.4) is 0 Å². The number of methoxy groups -OCH3 is 1. The molecule has 136 valence electrons. The van der Waals surface area contributed by atoms with Gasteiger partial charge in [0.05, 0.1) is 26.9 Å². The zero-order valence-electron chi connectivity index (χ0n) is 14.9. The number of aliphatic imine (C=N–C) groups is 1. The number of nitrogens with zero attached hydrogens (tertiary/aromatic N) is 1. The number of hydrogen-bond donors (Lipinski definition) is 2. The van der Waals surface area contributed by atoms with E-state index in [0.29, 0.717) is 25.7 Å². The zero-order valence-corrected chi connectivity index (χ0v) is 17.2. The summed E-state index contributed by atoms with van der Waals surface area (Å²) in [6, 6.07) is 13.9. The van der Waals surface area contributed by atoms with Crippen molar-refractivity contribution in [1.29, 1.82) is 0 Å². The van der Waals surface area contributed by atoms with Gasteiger partial charge >= 0.3 is 0 Å². The average Bonchev–Trinajstić information content (AvgIpc) is 2.58. The fraction of sp³-hybridized carbons (Fsp3) is 0.316. The van der Waals surface area contributed by atoms with E-state index in [9.17, 15) is 0 Å². The van der Waals surface area contributed by atoms with Crippen LogP contribution < -0.4 is 15.8 Å². The minimum Gasteiger partial charge on any atom is -0.497 e. The van der Waals surface area contributed by atoms with Crippen molar-refractivity contribution in [3.63, 3.8) is 0 Å². The molecule has 0 fully saturated rings. The van der Waals surface area contributed by atoms with Crippen LogP contribution in [0.2, 0.25) is 0 Å². The largest absolute Gasteiger partial charge is 0.497 e. The number of anilines is 1. The molecule has 0 atom stereocenters. The van der Waals surface area contributed by atoms with Crippen LogP contribution in [-0.2, 0) is 11.3 Å². The average molecular weight is 455 g/mol. The van der Waals surface area contributed by atoms with Gasteiger partial charge in [0.15, 0.2) is 5.96 Å². The molecular formula is C19H26IN3O2. The fourth-order valence-electron chi connectivity index (χ4n) is 2.15. The summed E-state index contributed by atoms with van der Waals surface area (Å²) in [5.41, 5.74) is 10.4. The summed E-state index contributed by atoms with van der Waals surface area (Å²) in [6.07, 6.45) is 0. The van der Waals surface area contributed by atoms with Gasteiger partial charge in [-0.15, -0.1) is 24.0 Å². The topological polar surface area (TPSA) is 68.9 Å². The highest BCUT2D eigenvalue weighted by atomic mass is 127. The maximum absolute atomic E-state index is 5.89. The Bertz CT molecular complexity index is 688. The molecule has 0 heterocycles. The van der Waals surface area contributed by atoms with Gasteiger partial charge in [-0.2, -0.15) is 0 Å². The SMILES string of the molecule is COc1ccc(COCCN=C(N)Nc2ccc(C)c(C)c2)cc1.I. The van der Waals surface area contributed by atoms with E-state index in [4.69, 9.17) is 15.2 Å². The van der Waals surface area contributed by atoms with Gasteiger partial charge in [0.25, 0.3) is 0 Å². The number of rotatable bonds is 7.